The second-order valence-electron chi connectivity index (χ2n) is 7.65. The molecule has 2 aromatic heterocycles. The van der Waals surface area contributed by atoms with Gasteiger partial charge in [-0.25, -0.2) is 9.18 Å². The van der Waals surface area contributed by atoms with Crippen LogP contribution in [0.25, 0.3) is 11.2 Å². The number of ether oxygens (including phenoxy) is 1. The van der Waals surface area contributed by atoms with Gasteiger partial charge in [0.1, 0.15) is 11.6 Å². The van der Waals surface area contributed by atoms with Crippen molar-refractivity contribution in [3.63, 3.8) is 0 Å². The fourth-order valence-electron chi connectivity index (χ4n) is 3.72. The van der Waals surface area contributed by atoms with Crippen LogP contribution in [0.4, 0.5) is 4.39 Å². The van der Waals surface area contributed by atoms with Crippen LogP contribution in [0.2, 0.25) is 0 Å². The van der Waals surface area contributed by atoms with E-state index in [9.17, 15) is 19.2 Å². The molecule has 4 rings (SSSR count). The first-order chi connectivity index (χ1) is 15.9. The number of fused-ring (bicyclic) bond motifs is 1. The van der Waals surface area contributed by atoms with Gasteiger partial charge >= 0.3 is 11.7 Å². The number of aliphatic hydroxyl groups excluding tert-OH is 1. The lowest BCUT2D eigenvalue weighted by Gasteiger charge is -2.14. The normalized spacial score (nSPS) is 13.5. The molecule has 1 aliphatic carbocycles. The number of rotatable bonds is 7. The summed E-state index contributed by atoms with van der Waals surface area (Å²) >= 11 is 0. The summed E-state index contributed by atoms with van der Waals surface area (Å²) in [4.78, 5) is 30.5. The summed E-state index contributed by atoms with van der Waals surface area (Å²) in [5.74, 6) is -0.0688. The molecule has 170 valence electrons. The van der Waals surface area contributed by atoms with Crippen molar-refractivity contribution in [1.82, 2.24) is 18.7 Å². The lowest BCUT2D eigenvalue weighted by atomic mass is 10.1. The minimum Gasteiger partial charge on any atom is -0.424 e. The van der Waals surface area contributed by atoms with Gasteiger partial charge in [0, 0.05) is 20.2 Å². The quantitative estimate of drug-likeness (QED) is 0.587. The molecule has 33 heavy (non-hydrogen) atoms. The molecule has 0 unspecified atom stereocenters. The number of hydrogen-bond donors (Lipinski definition) is 1. The van der Waals surface area contributed by atoms with Gasteiger partial charge in [-0.2, -0.15) is 10.2 Å². The van der Waals surface area contributed by atoms with E-state index in [2.05, 4.69) is 11.1 Å². The maximum Gasteiger partial charge on any atom is 0.332 e. The molecule has 0 saturated heterocycles. The fraction of sp³-hybridized carbons (Fsp3) is 0.304. The average Bonchev–Trinajstić information content (AvgIpc) is 3.17. The molecular formula is C23H22FN5O4. The number of nitrogens with zero attached hydrogens (tertiary/aromatic N) is 5. The van der Waals surface area contributed by atoms with Gasteiger partial charge in [0.15, 0.2) is 11.2 Å². The van der Waals surface area contributed by atoms with E-state index in [1.54, 1.807) is 18.2 Å². The van der Waals surface area contributed by atoms with E-state index in [-0.39, 0.29) is 43.3 Å². The monoisotopic (exact) mass is 451 g/mol. The molecule has 0 bridgehead atoms. The lowest BCUT2D eigenvalue weighted by Crippen LogP contribution is -2.39. The minimum absolute atomic E-state index is 0.0376. The lowest BCUT2D eigenvalue weighted by molar-refractivity contribution is 0.277. The molecule has 0 aliphatic heterocycles. The highest BCUT2D eigenvalue weighted by Gasteiger charge is 2.23. The number of aliphatic hydroxyl groups is 1. The van der Waals surface area contributed by atoms with Gasteiger partial charge in [-0.05, 0) is 43.0 Å². The van der Waals surface area contributed by atoms with Crippen LogP contribution in [-0.4, -0.2) is 30.4 Å². The second-order valence-corrected chi connectivity index (χ2v) is 7.65. The summed E-state index contributed by atoms with van der Waals surface area (Å²) < 4.78 is 23.2. The van der Waals surface area contributed by atoms with Crippen molar-refractivity contribution >= 4 is 11.2 Å². The molecule has 1 N–H and O–H groups in total. The molecule has 0 spiro atoms. The molecule has 2 heterocycles. The zero-order chi connectivity index (χ0) is 23.5. The van der Waals surface area contributed by atoms with Crippen LogP contribution >= 0.6 is 0 Å². The van der Waals surface area contributed by atoms with Crippen LogP contribution in [-0.2, 0) is 20.1 Å². The Morgan fingerprint density at radius 2 is 2.00 bits per heavy atom. The number of allylic oxidation sites excluding steroid dienone is 3. The zero-order valence-electron chi connectivity index (χ0n) is 18.0. The number of nitriles is 1. The Hall–Kier alpha value is -3.97. The van der Waals surface area contributed by atoms with Crippen LogP contribution < -0.4 is 16.0 Å². The fourth-order valence-corrected chi connectivity index (χ4v) is 3.72. The molecule has 1 aliphatic rings. The van der Waals surface area contributed by atoms with E-state index >= 15 is 0 Å². The highest BCUT2D eigenvalue weighted by atomic mass is 19.1. The highest BCUT2D eigenvalue weighted by molar-refractivity contribution is 5.72. The van der Waals surface area contributed by atoms with E-state index in [1.807, 2.05) is 6.08 Å². The van der Waals surface area contributed by atoms with Crippen LogP contribution in [0.3, 0.4) is 0 Å². The Morgan fingerprint density at radius 1 is 1.24 bits per heavy atom. The molecule has 0 radical (unpaired) electrons. The van der Waals surface area contributed by atoms with Crippen molar-refractivity contribution in [2.75, 3.05) is 6.61 Å². The molecule has 0 atom stereocenters. The van der Waals surface area contributed by atoms with E-state index in [0.717, 1.165) is 4.57 Å². The maximum absolute atomic E-state index is 13.4. The Morgan fingerprint density at radius 3 is 2.70 bits per heavy atom. The number of aromatic nitrogens is 4. The van der Waals surface area contributed by atoms with Crippen LogP contribution in [0, 0.1) is 17.1 Å². The molecular weight excluding hydrogens is 429 g/mol. The van der Waals surface area contributed by atoms with Crippen molar-refractivity contribution in [2.24, 2.45) is 7.05 Å². The molecule has 0 fully saturated rings. The second kappa shape index (κ2) is 9.26. The first-order valence-corrected chi connectivity index (χ1v) is 10.5. The number of aryl methyl sites for hydroxylation is 1. The van der Waals surface area contributed by atoms with Crippen molar-refractivity contribution < 1.29 is 14.2 Å². The minimum atomic E-state index is -0.570. The standard InChI is InChI=1S/C23H22FN5O4/c1-27-20-19(21(31)28(23(27)32)11-4-12-30)29(14-15-7-9-17(24)10-8-15)22(26-20)33-18-6-3-2-5-16(18)13-25/h3,6-10,30H,2,4-5,11-12,14H2,1H3. The van der Waals surface area contributed by atoms with Gasteiger partial charge < -0.3 is 9.84 Å². The first kappa shape index (κ1) is 22.2. The SMILES string of the molecule is Cn1c(=O)n(CCCO)c(=O)c2c1nc(OC1=C(C#N)CCC=C1)n2Cc1ccc(F)cc1. The van der Waals surface area contributed by atoms with Crippen LogP contribution in [0.15, 0.2) is 57.3 Å². The Bertz CT molecular complexity index is 1420. The predicted molar refractivity (Wildman–Crippen MR) is 118 cm³/mol. The van der Waals surface area contributed by atoms with E-state index < -0.39 is 17.1 Å². The predicted octanol–water partition coefficient (Wildman–Crippen LogP) is 1.97. The van der Waals surface area contributed by atoms with Gasteiger partial charge in [-0.15, -0.1) is 0 Å². The van der Waals surface area contributed by atoms with Gasteiger partial charge in [0.2, 0.25) is 0 Å². The van der Waals surface area contributed by atoms with Gasteiger partial charge in [0.25, 0.3) is 5.56 Å². The van der Waals surface area contributed by atoms with Crippen molar-refractivity contribution in [1.29, 1.82) is 5.26 Å². The molecule has 10 heteroatoms. The number of benzene rings is 1. The zero-order valence-corrected chi connectivity index (χ0v) is 18.0. The number of imidazole rings is 1. The van der Waals surface area contributed by atoms with Crippen LogP contribution in [0.5, 0.6) is 6.01 Å². The summed E-state index contributed by atoms with van der Waals surface area (Å²) in [6.45, 7) is -0.00493. The van der Waals surface area contributed by atoms with Gasteiger partial charge in [0.05, 0.1) is 18.2 Å². The summed E-state index contributed by atoms with van der Waals surface area (Å²) in [5, 5.41) is 18.6. The van der Waals surface area contributed by atoms with Crippen molar-refractivity contribution in [3.05, 3.63) is 80.0 Å². The first-order valence-electron chi connectivity index (χ1n) is 10.5. The summed E-state index contributed by atoms with van der Waals surface area (Å²) in [6, 6.07) is 7.95. The number of hydrogen-bond acceptors (Lipinski definition) is 6. The Balaban J connectivity index is 1.94. The molecule has 0 amide bonds. The Labute approximate surface area is 187 Å². The topological polar surface area (TPSA) is 115 Å². The molecule has 9 nitrogen and oxygen atoms in total. The largest absolute Gasteiger partial charge is 0.424 e. The maximum atomic E-state index is 13.4. The van der Waals surface area contributed by atoms with Crippen LogP contribution in [0.1, 0.15) is 24.8 Å². The van der Waals surface area contributed by atoms with E-state index in [1.165, 1.54) is 28.3 Å². The molecule has 0 saturated carbocycles. The average molecular weight is 451 g/mol. The summed E-state index contributed by atoms with van der Waals surface area (Å²) in [7, 11) is 1.50. The van der Waals surface area contributed by atoms with Gasteiger partial charge in [-0.1, -0.05) is 18.2 Å². The highest BCUT2D eigenvalue weighted by Crippen LogP contribution is 2.25. The molecule has 1 aromatic carbocycles. The third kappa shape index (κ3) is 4.23. The smallest absolute Gasteiger partial charge is 0.332 e. The summed E-state index contributed by atoms with van der Waals surface area (Å²) in [6.07, 6.45) is 5.03. The van der Waals surface area contributed by atoms with Crippen molar-refractivity contribution in [2.45, 2.75) is 32.4 Å². The van der Waals surface area contributed by atoms with E-state index in [0.29, 0.717) is 29.7 Å². The third-order valence-electron chi connectivity index (χ3n) is 5.46. The summed E-state index contributed by atoms with van der Waals surface area (Å²) in [5.41, 5.74) is 0.263. The third-order valence-corrected chi connectivity index (χ3v) is 5.46. The Kier molecular flexibility index (Phi) is 6.24. The van der Waals surface area contributed by atoms with Crippen molar-refractivity contribution in [3.8, 4) is 12.1 Å². The number of halogens is 1. The van der Waals surface area contributed by atoms with E-state index in [4.69, 9.17) is 9.84 Å². The van der Waals surface area contributed by atoms with Gasteiger partial charge in [-0.3, -0.25) is 18.5 Å². The molecule has 3 aromatic rings.